The lowest BCUT2D eigenvalue weighted by Gasteiger charge is -2.14. The van der Waals surface area contributed by atoms with E-state index >= 15 is 0 Å². The van der Waals surface area contributed by atoms with Gasteiger partial charge >= 0.3 is 5.97 Å². The van der Waals surface area contributed by atoms with Crippen molar-refractivity contribution in [1.29, 1.82) is 0 Å². The van der Waals surface area contributed by atoms with Crippen molar-refractivity contribution in [2.24, 2.45) is 0 Å². The monoisotopic (exact) mass is 234 g/mol. The van der Waals surface area contributed by atoms with E-state index in [0.29, 0.717) is 17.7 Å². The summed E-state index contributed by atoms with van der Waals surface area (Å²) in [6.45, 7) is 1.95. The molecule has 4 heteroatoms. The van der Waals surface area contributed by atoms with Crippen molar-refractivity contribution < 1.29 is 9.90 Å². The first-order valence-electron chi connectivity index (χ1n) is 6.18. The molecule has 1 aromatic rings. The molecule has 0 spiro atoms. The van der Waals surface area contributed by atoms with Gasteiger partial charge in [-0.1, -0.05) is 13.3 Å². The summed E-state index contributed by atoms with van der Waals surface area (Å²) in [7, 11) is 0. The van der Waals surface area contributed by atoms with Crippen LogP contribution in [0.1, 0.15) is 53.5 Å². The van der Waals surface area contributed by atoms with Gasteiger partial charge in [0.2, 0.25) is 0 Å². The van der Waals surface area contributed by atoms with E-state index in [1.165, 1.54) is 0 Å². The number of aromatic carboxylic acids is 1. The fraction of sp³-hybridized carbons (Fsp3) is 0.538. The third kappa shape index (κ3) is 2.12. The molecule has 1 aliphatic carbocycles. The number of carbonyl (C=O) groups is 1. The number of rotatable bonds is 2. The molecule has 0 aliphatic heterocycles. The molecule has 0 fully saturated rings. The Morgan fingerprint density at radius 1 is 1.35 bits per heavy atom. The molecule has 0 saturated carbocycles. The first-order valence-corrected chi connectivity index (χ1v) is 6.18. The Kier molecular flexibility index (Phi) is 3.31. The van der Waals surface area contributed by atoms with Crippen molar-refractivity contribution in [3.8, 4) is 0 Å². The zero-order valence-corrected chi connectivity index (χ0v) is 10.1. The van der Waals surface area contributed by atoms with Gasteiger partial charge in [-0.15, -0.1) is 0 Å². The van der Waals surface area contributed by atoms with E-state index in [1.807, 2.05) is 6.92 Å². The standard InChI is InChI=1S/C13H18N2O2/c1-2-9-12(14)11(13(16)17)8-6-4-3-5-7-10(8)15-9/h2-7,14H2,1H3,(H,16,17). The van der Waals surface area contributed by atoms with Gasteiger partial charge in [0.25, 0.3) is 0 Å². The lowest BCUT2D eigenvalue weighted by Crippen LogP contribution is -2.14. The molecule has 0 saturated heterocycles. The molecular formula is C13H18N2O2. The fourth-order valence-corrected chi connectivity index (χ4v) is 2.50. The highest BCUT2D eigenvalue weighted by Crippen LogP contribution is 2.28. The fourth-order valence-electron chi connectivity index (χ4n) is 2.50. The maximum absolute atomic E-state index is 11.4. The van der Waals surface area contributed by atoms with Crippen LogP contribution in [-0.4, -0.2) is 16.1 Å². The number of aromatic nitrogens is 1. The number of aryl methyl sites for hydroxylation is 2. The summed E-state index contributed by atoms with van der Waals surface area (Å²) in [5.41, 5.74) is 9.13. The summed E-state index contributed by atoms with van der Waals surface area (Å²) in [5.74, 6) is -0.919. The normalized spacial score (nSPS) is 15.1. The Labute approximate surface area is 101 Å². The summed E-state index contributed by atoms with van der Waals surface area (Å²) >= 11 is 0. The van der Waals surface area contributed by atoms with Crippen LogP contribution in [0.3, 0.4) is 0 Å². The molecule has 0 atom stereocenters. The van der Waals surface area contributed by atoms with Gasteiger partial charge in [0, 0.05) is 5.69 Å². The lowest BCUT2D eigenvalue weighted by molar-refractivity contribution is 0.0696. The van der Waals surface area contributed by atoms with Gasteiger partial charge in [-0.25, -0.2) is 4.79 Å². The Balaban J connectivity index is 2.64. The van der Waals surface area contributed by atoms with Crippen LogP contribution in [0.2, 0.25) is 0 Å². The molecule has 1 heterocycles. The van der Waals surface area contributed by atoms with Gasteiger partial charge in [0.15, 0.2) is 0 Å². The van der Waals surface area contributed by atoms with Crippen LogP contribution in [0.5, 0.6) is 0 Å². The summed E-state index contributed by atoms with van der Waals surface area (Å²) in [6.07, 6.45) is 5.60. The predicted octanol–water partition coefficient (Wildman–Crippen LogP) is 2.19. The number of nitrogens with zero attached hydrogens (tertiary/aromatic N) is 1. The quantitative estimate of drug-likeness (QED) is 0.769. The van der Waals surface area contributed by atoms with Crippen LogP contribution in [0.25, 0.3) is 0 Å². The number of nitrogens with two attached hydrogens (primary N) is 1. The molecule has 1 aliphatic rings. The first kappa shape index (κ1) is 11.9. The number of hydrogen-bond acceptors (Lipinski definition) is 3. The van der Waals surface area contributed by atoms with Crippen LogP contribution in [-0.2, 0) is 19.3 Å². The first-order chi connectivity index (χ1) is 8.15. The summed E-state index contributed by atoms with van der Waals surface area (Å²) in [4.78, 5) is 15.9. The van der Waals surface area contributed by atoms with Gasteiger partial charge in [-0.05, 0) is 37.7 Å². The predicted molar refractivity (Wildman–Crippen MR) is 66.2 cm³/mol. The number of pyridine rings is 1. The smallest absolute Gasteiger partial charge is 0.338 e. The van der Waals surface area contributed by atoms with Gasteiger partial charge < -0.3 is 10.8 Å². The van der Waals surface area contributed by atoms with Crippen LogP contribution in [0.4, 0.5) is 5.69 Å². The number of carboxylic acids is 1. The van der Waals surface area contributed by atoms with Crippen LogP contribution in [0.15, 0.2) is 0 Å². The second-order valence-electron chi connectivity index (χ2n) is 4.49. The van der Waals surface area contributed by atoms with Gasteiger partial charge in [0.05, 0.1) is 16.9 Å². The zero-order valence-electron chi connectivity index (χ0n) is 10.1. The lowest BCUT2D eigenvalue weighted by atomic mass is 9.98. The van der Waals surface area contributed by atoms with Crippen molar-refractivity contribution >= 4 is 11.7 Å². The van der Waals surface area contributed by atoms with E-state index in [4.69, 9.17) is 5.73 Å². The Bertz CT molecular complexity index is 455. The number of anilines is 1. The highest BCUT2D eigenvalue weighted by molar-refractivity contribution is 5.96. The van der Waals surface area contributed by atoms with Crippen LogP contribution >= 0.6 is 0 Å². The molecule has 0 unspecified atom stereocenters. The molecule has 0 aromatic carbocycles. The number of nitrogen functional groups attached to an aromatic ring is 1. The van der Waals surface area contributed by atoms with Gasteiger partial charge in [-0.3, -0.25) is 4.98 Å². The minimum absolute atomic E-state index is 0.300. The molecule has 3 N–H and O–H groups in total. The van der Waals surface area contributed by atoms with Gasteiger partial charge in [0.1, 0.15) is 0 Å². The molecule has 4 nitrogen and oxygen atoms in total. The third-order valence-electron chi connectivity index (χ3n) is 3.39. The van der Waals surface area contributed by atoms with E-state index in [2.05, 4.69) is 4.98 Å². The average Bonchev–Trinajstić information content (AvgIpc) is 2.52. The minimum Gasteiger partial charge on any atom is -0.478 e. The summed E-state index contributed by atoms with van der Waals surface area (Å²) in [5, 5.41) is 9.33. The van der Waals surface area contributed by atoms with Gasteiger partial charge in [-0.2, -0.15) is 0 Å². The number of carboxylic acid groups (broad SMARTS) is 1. The molecule has 92 valence electrons. The van der Waals surface area contributed by atoms with E-state index in [-0.39, 0.29) is 0 Å². The largest absolute Gasteiger partial charge is 0.478 e. The number of fused-ring (bicyclic) bond motifs is 1. The molecule has 2 rings (SSSR count). The van der Waals surface area contributed by atoms with E-state index in [9.17, 15) is 9.90 Å². The summed E-state index contributed by atoms with van der Waals surface area (Å²) in [6, 6.07) is 0. The molecule has 1 aromatic heterocycles. The van der Waals surface area contributed by atoms with Crippen molar-refractivity contribution in [3.05, 3.63) is 22.5 Å². The SMILES string of the molecule is CCc1nc2c(c(C(=O)O)c1N)CCCCC2. The second kappa shape index (κ2) is 4.73. The van der Waals surface area contributed by atoms with Crippen molar-refractivity contribution in [1.82, 2.24) is 4.98 Å². The Hall–Kier alpha value is -1.58. The van der Waals surface area contributed by atoms with Crippen LogP contribution in [0, 0.1) is 0 Å². The maximum Gasteiger partial charge on any atom is 0.338 e. The van der Waals surface area contributed by atoms with Crippen molar-refractivity contribution in [2.75, 3.05) is 5.73 Å². The van der Waals surface area contributed by atoms with E-state index < -0.39 is 5.97 Å². The third-order valence-corrected chi connectivity index (χ3v) is 3.39. The minimum atomic E-state index is -0.919. The topological polar surface area (TPSA) is 76.2 Å². The highest BCUT2D eigenvalue weighted by Gasteiger charge is 2.22. The van der Waals surface area contributed by atoms with E-state index in [0.717, 1.165) is 49.1 Å². The molecular weight excluding hydrogens is 216 g/mol. The second-order valence-corrected chi connectivity index (χ2v) is 4.49. The molecule has 0 bridgehead atoms. The molecule has 0 radical (unpaired) electrons. The Morgan fingerprint density at radius 2 is 2.06 bits per heavy atom. The molecule has 17 heavy (non-hydrogen) atoms. The Morgan fingerprint density at radius 3 is 2.71 bits per heavy atom. The maximum atomic E-state index is 11.4. The van der Waals surface area contributed by atoms with Crippen molar-refractivity contribution in [2.45, 2.75) is 45.4 Å². The zero-order chi connectivity index (χ0) is 12.4. The average molecular weight is 234 g/mol. The van der Waals surface area contributed by atoms with E-state index in [1.54, 1.807) is 0 Å². The molecule has 0 amide bonds. The van der Waals surface area contributed by atoms with Crippen molar-refractivity contribution in [3.63, 3.8) is 0 Å². The highest BCUT2D eigenvalue weighted by atomic mass is 16.4. The summed E-state index contributed by atoms with van der Waals surface area (Å²) < 4.78 is 0. The number of hydrogen-bond donors (Lipinski definition) is 2. The van der Waals surface area contributed by atoms with Crippen LogP contribution < -0.4 is 5.73 Å².